The second-order valence-electron chi connectivity index (χ2n) is 9.71. The summed E-state index contributed by atoms with van der Waals surface area (Å²) < 4.78 is 5.62. The fourth-order valence-electron chi connectivity index (χ4n) is 4.23. The number of carbonyl (C=O) groups is 1. The summed E-state index contributed by atoms with van der Waals surface area (Å²) in [5.41, 5.74) is 14.4. The van der Waals surface area contributed by atoms with Crippen LogP contribution in [-0.4, -0.2) is 57.0 Å². The zero-order valence-electron chi connectivity index (χ0n) is 21.8. The number of phenols is 1. The van der Waals surface area contributed by atoms with Crippen molar-refractivity contribution < 1.29 is 30.0 Å². The minimum atomic E-state index is -1.40. The molecule has 0 bridgehead atoms. The van der Waals surface area contributed by atoms with E-state index in [4.69, 9.17) is 16.2 Å². The average molecular weight is 535 g/mol. The number of carbonyl (C=O) groups excluding carboxylic acids is 1. The largest absolute Gasteiger partial charge is 0.508 e. The summed E-state index contributed by atoms with van der Waals surface area (Å²) in [5, 5.41) is 41.0. The first-order chi connectivity index (χ1) is 18.7. The molecule has 3 rings (SSSR count). The number of benzene rings is 3. The number of ether oxygens (including phenoxy) is 1. The number of hydrogen-bond acceptors (Lipinski definition) is 8. The molecule has 0 heterocycles. The van der Waals surface area contributed by atoms with Gasteiger partial charge in [0.1, 0.15) is 18.1 Å². The van der Waals surface area contributed by atoms with Gasteiger partial charge in [-0.25, -0.2) is 0 Å². The zero-order valence-corrected chi connectivity index (χ0v) is 21.8. The number of esters is 1. The monoisotopic (exact) mass is 534 g/mol. The molecule has 0 fully saturated rings. The highest BCUT2D eigenvalue weighted by Gasteiger charge is 2.31. The summed E-state index contributed by atoms with van der Waals surface area (Å²) in [5.74, 6) is -1.50. The number of aliphatic hydroxyl groups is 3. The molecule has 3 aromatic rings. The first-order valence-electron chi connectivity index (χ1n) is 13.0. The van der Waals surface area contributed by atoms with Gasteiger partial charge in [-0.05, 0) is 48.1 Å². The standard InChI is InChI=1S/C31H38N2O6/c32-26(19-23-14-16-24(34)17-15-23)28(36)13-7-12-27(35)25(18-21-8-3-1-4-9-21)31(38)39-29(30(33)37)20-22-10-5-2-6-11-22/h1-12,14-17,25-30,34-37H,13,18-20,32-33H2/b12-7+/t25-,26+,27+,28+,29+,30?/m1/s1. The van der Waals surface area contributed by atoms with E-state index in [1.54, 1.807) is 30.3 Å². The summed E-state index contributed by atoms with van der Waals surface area (Å²) in [4.78, 5) is 13.3. The van der Waals surface area contributed by atoms with Crippen molar-refractivity contribution in [3.8, 4) is 5.75 Å². The number of hydrogen-bond donors (Lipinski definition) is 6. The highest BCUT2D eigenvalue weighted by atomic mass is 16.6. The van der Waals surface area contributed by atoms with Crippen LogP contribution in [0.25, 0.3) is 0 Å². The molecule has 0 radical (unpaired) electrons. The first-order valence-corrected chi connectivity index (χ1v) is 13.0. The van der Waals surface area contributed by atoms with E-state index >= 15 is 0 Å². The van der Waals surface area contributed by atoms with Gasteiger partial charge < -0.3 is 36.6 Å². The van der Waals surface area contributed by atoms with Crippen LogP contribution in [0, 0.1) is 5.92 Å². The summed E-state index contributed by atoms with van der Waals surface area (Å²) >= 11 is 0. The van der Waals surface area contributed by atoms with Gasteiger partial charge in [-0.2, -0.15) is 0 Å². The molecule has 0 aromatic heterocycles. The van der Waals surface area contributed by atoms with Crippen LogP contribution in [0.4, 0.5) is 0 Å². The molecule has 8 nitrogen and oxygen atoms in total. The van der Waals surface area contributed by atoms with Crippen molar-refractivity contribution in [1.29, 1.82) is 0 Å². The third-order valence-electron chi connectivity index (χ3n) is 6.55. The van der Waals surface area contributed by atoms with Gasteiger partial charge in [0.2, 0.25) is 0 Å². The van der Waals surface area contributed by atoms with Crippen molar-refractivity contribution in [2.24, 2.45) is 17.4 Å². The number of aromatic hydroxyl groups is 1. The Kier molecular flexibility index (Phi) is 11.7. The second kappa shape index (κ2) is 15.2. The minimum Gasteiger partial charge on any atom is -0.508 e. The van der Waals surface area contributed by atoms with Crippen LogP contribution in [-0.2, 0) is 28.8 Å². The normalized spacial score (nSPS) is 16.2. The molecule has 8 heteroatoms. The van der Waals surface area contributed by atoms with Crippen LogP contribution in [0.1, 0.15) is 23.1 Å². The molecule has 39 heavy (non-hydrogen) atoms. The van der Waals surface area contributed by atoms with E-state index in [9.17, 15) is 25.2 Å². The maximum absolute atomic E-state index is 13.3. The van der Waals surface area contributed by atoms with E-state index in [0.717, 1.165) is 16.7 Å². The Balaban J connectivity index is 1.66. The van der Waals surface area contributed by atoms with Gasteiger partial charge in [-0.3, -0.25) is 4.79 Å². The maximum Gasteiger partial charge on any atom is 0.312 e. The Bertz CT molecular complexity index is 1150. The van der Waals surface area contributed by atoms with Gasteiger partial charge >= 0.3 is 5.97 Å². The Labute approximate surface area is 229 Å². The highest BCUT2D eigenvalue weighted by Crippen LogP contribution is 2.19. The van der Waals surface area contributed by atoms with Crippen LogP contribution >= 0.6 is 0 Å². The van der Waals surface area contributed by atoms with Crippen molar-refractivity contribution in [2.45, 2.75) is 56.3 Å². The molecule has 0 spiro atoms. The molecule has 0 aliphatic heterocycles. The molecule has 8 N–H and O–H groups in total. The number of aliphatic hydroxyl groups excluding tert-OH is 3. The van der Waals surface area contributed by atoms with Gasteiger partial charge in [-0.15, -0.1) is 0 Å². The van der Waals surface area contributed by atoms with Gasteiger partial charge in [0.25, 0.3) is 0 Å². The van der Waals surface area contributed by atoms with Crippen LogP contribution in [0.5, 0.6) is 5.75 Å². The lowest BCUT2D eigenvalue weighted by Crippen LogP contribution is -2.42. The van der Waals surface area contributed by atoms with E-state index in [0.29, 0.717) is 6.42 Å². The van der Waals surface area contributed by atoms with Crippen LogP contribution in [0.15, 0.2) is 97.1 Å². The second-order valence-corrected chi connectivity index (χ2v) is 9.71. The smallest absolute Gasteiger partial charge is 0.312 e. The first kappa shape index (κ1) is 30.0. The van der Waals surface area contributed by atoms with Crippen LogP contribution < -0.4 is 11.5 Å². The predicted molar refractivity (Wildman–Crippen MR) is 149 cm³/mol. The molecule has 208 valence electrons. The van der Waals surface area contributed by atoms with Gasteiger partial charge in [0, 0.05) is 12.5 Å². The van der Waals surface area contributed by atoms with Crippen molar-refractivity contribution >= 4 is 5.97 Å². The SMILES string of the molecule is NC(O)[C@H](Cc1ccccc1)OC(=O)[C@H](Cc1ccccc1)[C@@H](O)/C=C/C[C@H](O)[C@@H](N)Cc1ccc(O)cc1. The fourth-order valence-corrected chi connectivity index (χ4v) is 4.23. The molecule has 0 saturated heterocycles. The lowest BCUT2D eigenvalue weighted by atomic mass is 9.93. The van der Waals surface area contributed by atoms with E-state index in [2.05, 4.69) is 0 Å². The van der Waals surface area contributed by atoms with E-state index in [1.165, 1.54) is 6.08 Å². The molecule has 0 saturated carbocycles. The highest BCUT2D eigenvalue weighted by molar-refractivity contribution is 5.74. The lowest BCUT2D eigenvalue weighted by molar-refractivity contribution is -0.162. The summed E-state index contributed by atoms with van der Waals surface area (Å²) in [6, 6.07) is 24.5. The van der Waals surface area contributed by atoms with Crippen molar-refractivity contribution in [1.82, 2.24) is 0 Å². The summed E-state index contributed by atoms with van der Waals surface area (Å²) in [6.07, 6.45) is -0.445. The molecule has 0 aliphatic rings. The van der Waals surface area contributed by atoms with Crippen LogP contribution in [0.2, 0.25) is 0 Å². The lowest BCUT2D eigenvalue weighted by Gasteiger charge is -2.25. The number of phenolic OH excluding ortho intramolecular Hbond substituents is 1. The Hall–Kier alpha value is -3.53. The third kappa shape index (κ3) is 9.94. The maximum atomic E-state index is 13.3. The van der Waals surface area contributed by atoms with Gasteiger partial charge in [-0.1, -0.05) is 84.9 Å². The molecule has 0 aliphatic carbocycles. The number of nitrogens with two attached hydrogens (primary N) is 2. The van der Waals surface area contributed by atoms with Crippen molar-refractivity contribution in [3.63, 3.8) is 0 Å². The van der Waals surface area contributed by atoms with E-state index in [1.807, 2.05) is 60.7 Å². The Morgan fingerprint density at radius 2 is 1.31 bits per heavy atom. The molecular formula is C31H38N2O6. The Morgan fingerprint density at radius 3 is 1.87 bits per heavy atom. The molecular weight excluding hydrogens is 496 g/mol. The van der Waals surface area contributed by atoms with Crippen molar-refractivity contribution in [2.75, 3.05) is 0 Å². The van der Waals surface area contributed by atoms with E-state index < -0.39 is 42.5 Å². The van der Waals surface area contributed by atoms with Gasteiger partial charge in [0.05, 0.1) is 18.1 Å². The quantitative estimate of drug-likeness (QED) is 0.104. The summed E-state index contributed by atoms with van der Waals surface area (Å²) in [7, 11) is 0. The Morgan fingerprint density at radius 1 is 0.769 bits per heavy atom. The fraction of sp³-hybridized carbons (Fsp3) is 0.323. The van der Waals surface area contributed by atoms with E-state index in [-0.39, 0.29) is 25.0 Å². The zero-order chi connectivity index (χ0) is 28.2. The molecule has 0 amide bonds. The topological polar surface area (TPSA) is 159 Å². The molecule has 3 aromatic carbocycles. The molecule has 1 unspecified atom stereocenters. The van der Waals surface area contributed by atoms with Crippen LogP contribution in [0.3, 0.4) is 0 Å². The predicted octanol–water partition coefficient (Wildman–Crippen LogP) is 2.22. The number of rotatable bonds is 14. The third-order valence-corrected chi connectivity index (χ3v) is 6.55. The van der Waals surface area contributed by atoms with Crippen molar-refractivity contribution in [3.05, 3.63) is 114 Å². The summed E-state index contributed by atoms with van der Waals surface area (Å²) in [6.45, 7) is 0. The average Bonchev–Trinajstić information content (AvgIpc) is 2.93. The van der Waals surface area contributed by atoms with Gasteiger partial charge in [0.15, 0.2) is 0 Å². The molecule has 6 atom stereocenters. The minimum absolute atomic E-state index is 0.153.